The van der Waals surface area contributed by atoms with Gasteiger partial charge in [-0.25, -0.2) is 0 Å². The van der Waals surface area contributed by atoms with Crippen molar-refractivity contribution in [3.05, 3.63) is 29.8 Å². The first-order chi connectivity index (χ1) is 9.22. The van der Waals surface area contributed by atoms with Crippen LogP contribution in [0.15, 0.2) is 24.3 Å². The lowest BCUT2D eigenvalue weighted by Crippen LogP contribution is -2.34. The normalized spacial score (nSPS) is 12.3. The van der Waals surface area contributed by atoms with E-state index in [2.05, 4.69) is 6.07 Å². The molecule has 1 N–H and O–H groups in total. The summed E-state index contributed by atoms with van der Waals surface area (Å²) in [6.45, 7) is 2.41. The van der Waals surface area contributed by atoms with E-state index < -0.39 is 0 Å². The Morgan fingerprint density at radius 2 is 1.68 bits per heavy atom. The highest BCUT2D eigenvalue weighted by atomic mass is 16.5. The van der Waals surface area contributed by atoms with Crippen LogP contribution in [0, 0.1) is 11.3 Å². The van der Waals surface area contributed by atoms with Crippen LogP contribution in [-0.4, -0.2) is 50.5 Å². The number of aromatic hydroxyl groups is 1. The average molecular weight is 264 g/mol. The van der Waals surface area contributed by atoms with E-state index >= 15 is 0 Å². The van der Waals surface area contributed by atoms with E-state index in [0.29, 0.717) is 26.3 Å². The maximum Gasteiger partial charge on any atom is 0.124 e. The fraction of sp³-hybridized carbons (Fsp3) is 0.500. The predicted molar refractivity (Wildman–Crippen MR) is 71.8 cm³/mol. The molecule has 0 radical (unpaired) electrons. The van der Waals surface area contributed by atoms with Gasteiger partial charge < -0.3 is 14.6 Å². The summed E-state index contributed by atoms with van der Waals surface area (Å²) in [5.41, 5.74) is 0.854. The highest BCUT2D eigenvalue weighted by molar-refractivity contribution is 5.30. The minimum absolute atomic E-state index is 0.195. The topological polar surface area (TPSA) is 65.7 Å². The van der Waals surface area contributed by atoms with E-state index in [9.17, 15) is 10.4 Å². The summed E-state index contributed by atoms with van der Waals surface area (Å²) >= 11 is 0. The second kappa shape index (κ2) is 8.48. The Kier molecular flexibility index (Phi) is 6.90. The van der Waals surface area contributed by atoms with Crippen molar-refractivity contribution in [1.29, 1.82) is 5.26 Å². The van der Waals surface area contributed by atoms with Gasteiger partial charge in [-0.1, -0.05) is 12.1 Å². The lowest BCUT2D eigenvalue weighted by molar-refractivity contribution is 0.101. The van der Waals surface area contributed by atoms with Gasteiger partial charge in [0.2, 0.25) is 0 Å². The molecule has 1 unspecified atom stereocenters. The van der Waals surface area contributed by atoms with Crippen molar-refractivity contribution in [2.75, 3.05) is 40.5 Å². The summed E-state index contributed by atoms with van der Waals surface area (Å²) in [5.74, 6) is 0.195. The van der Waals surface area contributed by atoms with Crippen LogP contribution >= 0.6 is 0 Å². The molecule has 1 aromatic rings. The SMILES string of the molecule is COCCN(CCOC)C(C#N)c1ccc(O)cc1. The lowest BCUT2D eigenvalue weighted by Gasteiger charge is -2.26. The van der Waals surface area contributed by atoms with E-state index in [1.165, 1.54) is 0 Å². The standard InChI is InChI=1S/C14H20N2O3/c1-18-9-7-16(8-10-19-2)14(11-15)12-3-5-13(17)6-4-12/h3-6,14,17H,7-10H2,1-2H3. The molecule has 0 spiro atoms. The van der Waals surface area contributed by atoms with Crippen LogP contribution in [0.1, 0.15) is 11.6 Å². The summed E-state index contributed by atoms with van der Waals surface area (Å²) < 4.78 is 10.1. The summed E-state index contributed by atoms with van der Waals surface area (Å²) in [6, 6.07) is 8.61. The Bertz CT molecular complexity index is 392. The molecule has 1 rings (SSSR count). The van der Waals surface area contributed by atoms with Crippen LogP contribution in [0.25, 0.3) is 0 Å². The summed E-state index contributed by atoms with van der Waals surface area (Å²) in [4.78, 5) is 2.00. The predicted octanol–water partition coefficient (Wildman–Crippen LogP) is 1.55. The second-order valence-corrected chi connectivity index (χ2v) is 4.14. The molecule has 104 valence electrons. The summed E-state index contributed by atoms with van der Waals surface area (Å²) in [6.07, 6.45) is 0. The van der Waals surface area contributed by atoms with Gasteiger partial charge in [-0.3, -0.25) is 4.90 Å². The molecule has 0 saturated heterocycles. The zero-order valence-electron chi connectivity index (χ0n) is 11.4. The Morgan fingerprint density at radius 1 is 1.16 bits per heavy atom. The first-order valence-corrected chi connectivity index (χ1v) is 6.13. The quantitative estimate of drug-likeness (QED) is 0.771. The molecule has 0 fully saturated rings. The number of phenols is 1. The average Bonchev–Trinajstić information content (AvgIpc) is 2.43. The van der Waals surface area contributed by atoms with Crippen molar-refractivity contribution in [2.45, 2.75) is 6.04 Å². The molecule has 0 aliphatic rings. The molecular formula is C14H20N2O3. The molecule has 0 amide bonds. The van der Waals surface area contributed by atoms with Crippen LogP contribution in [0.2, 0.25) is 0 Å². The molecular weight excluding hydrogens is 244 g/mol. The number of hydrogen-bond donors (Lipinski definition) is 1. The van der Waals surface area contributed by atoms with Gasteiger partial charge in [0.05, 0.1) is 19.3 Å². The van der Waals surface area contributed by atoms with Crippen molar-refractivity contribution in [1.82, 2.24) is 4.90 Å². The number of ether oxygens (including phenoxy) is 2. The molecule has 0 aliphatic heterocycles. The third kappa shape index (κ3) is 4.87. The molecule has 1 atom stereocenters. The largest absolute Gasteiger partial charge is 0.508 e. The molecule has 5 heteroatoms. The van der Waals surface area contributed by atoms with Crippen LogP contribution in [0.5, 0.6) is 5.75 Å². The molecule has 0 aromatic heterocycles. The van der Waals surface area contributed by atoms with E-state index in [0.717, 1.165) is 5.56 Å². The van der Waals surface area contributed by atoms with E-state index in [4.69, 9.17) is 9.47 Å². The van der Waals surface area contributed by atoms with Crippen molar-refractivity contribution in [3.63, 3.8) is 0 Å². The fourth-order valence-electron chi connectivity index (χ4n) is 1.81. The van der Waals surface area contributed by atoms with Crippen LogP contribution < -0.4 is 0 Å². The molecule has 0 saturated carbocycles. The van der Waals surface area contributed by atoms with Gasteiger partial charge in [0, 0.05) is 27.3 Å². The Labute approximate surface area is 114 Å². The molecule has 5 nitrogen and oxygen atoms in total. The van der Waals surface area contributed by atoms with Crippen LogP contribution in [-0.2, 0) is 9.47 Å². The number of phenolic OH excluding ortho intramolecular Hbond substituents is 1. The second-order valence-electron chi connectivity index (χ2n) is 4.14. The minimum atomic E-state index is -0.370. The highest BCUT2D eigenvalue weighted by Crippen LogP contribution is 2.21. The van der Waals surface area contributed by atoms with Crippen LogP contribution in [0.4, 0.5) is 0 Å². The fourth-order valence-corrected chi connectivity index (χ4v) is 1.81. The molecule has 0 bridgehead atoms. The van der Waals surface area contributed by atoms with Crippen molar-refractivity contribution in [2.24, 2.45) is 0 Å². The molecule has 1 aromatic carbocycles. The third-order valence-corrected chi connectivity index (χ3v) is 2.86. The first-order valence-electron chi connectivity index (χ1n) is 6.13. The van der Waals surface area contributed by atoms with Gasteiger partial charge in [0.1, 0.15) is 11.8 Å². The van der Waals surface area contributed by atoms with E-state index in [1.54, 1.807) is 38.5 Å². The van der Waals surface area contributed by atoms with Gasteiger partial charge in [-0.05, 0) is 17.7 Å². The molecule has 19 heavy (non-hydrogen) atoms. The minimum Gasteiger partial charge on any atom is -0.508 e. The molecule has 0 heterocycles. The van der Waals surface area contributed by atoms with Crippen LogP contribution in [0.3, 0.4) is 0 Å². The Morgan fingerprint density at radius 3 is 2.11 bits per heavy atom. The highest BCUT2D eigenvalue weighted by Gasteiger charge is 2.19. The maximum atomic E-state index is 9.38. The van der Waals surface area contributed by atoms with Crippen molar-refractivity contribution in [3.8, 4) is 11.8 Å². The lowest BCUT2D eigenvalue weighted by atomic mass is 10.1. The number of hydrogen-bond acceptors (Lipinski definition) is 5. The number of nitriles is 1. The zero-order chi connectivity index (χ0) is 14.1. The van der Waals surface area contributed by atoms with Gasteiger partial charge in [0.15, 0.2) is 0 Å². The number of rotatable bonds is 8. The zero-order valence-corrected chi connectivity index (χ0v) is 11.4. The smallest absolute Gasteiger partial charge is 0.124 e. The van der Waals surface area contributed by atoms with Crippen molar-refractivity contribution < 1.29 is 14.6 Å². The Hall–Kier alpha value is -1.61. The first kappa shape index (κ1) is 15.4. The number of benzene rings is 1. The molecule has 0 aliphatic carbocycles. The monoisotopic (exact) mass is 264 g/mol. The summed E-state index contributed by atoms with van der Waals surface area (Å²) in [5, 5.41) is 18.7. The Balaban J connectivity index is 2.82. The third-order valence-electron chi connectivity index (χ3n) is 2.86. The van der Waals surface area contributed by atoms with Gasteiger partial charge in [-0.15, -0.1) is 0 Å². The van der Waals surface area contributed by atoms with Gasteiger partial charge >= 0.3 is 0 Å². The number of nitrogens with zero attached hydrogens (tertiary/aromatic N) is 2. The van der Waals surface area contributed by atoms with Crippen molar-refractivity contribution >= 4 is 0 Å². The number of methoxy groups -OCH3 is 2. The van der Waals surface area contributed by atoms with Gasteiger partial charge in [0.25, 0.3) is 0 Å². The van der Waals surface area contributed by atoms with Gasteiger partial charge in [-0.2, -0.15) is 5.26 Å². The maximum absolute atomic E-state index is 9.38. The summed E-state index contributed by atoms with van der Waals surface area (Å²) in [7, 11) is 3.27. The van der Waals surface area contributed by atoms with E-state index in [1.807, 2.05) is 4.90 Å². The van der Waals surface area contributed by atoms with E-state index in [-0.39, 0.29) is 11.8 Å².